The third-order valence-corrected chi connectivity index (χ3v) is 3.07. The van der Waals surface area contributed by atoms with Gasteiger partial charge in [-0.3, -0.25) is 9.69 Å². The van der Waals surface area contributed by atoms with E-state index in [9.17, 15) is 4.79 Å². The van der Waals surface area contributed by atoms with E-state index in [1.165, 1.54) is 6.20 Å². The fourth-order valence-electron chi connectivity index (χ4n) is 1.96. The van der Waals surface area contributed by atoms with Crippen LogP contribution in [0, 0.1) is 11.3 Å². The van der Waals surface area contributed by atoms with Gasteiger partial charge in [0.1, 0.15) is 23.6 Å². The molecule has 2 rings (SSSR count). The Labute approximate surface area is 105 Å². The third kappa shape index (κ3) is 2.58. The standard InChI is InChI=1S/C12H16N4O2/c1-8(2)16-3-4-18-10(7-16)11-14-6-9(5-13)12(17)15-11/h6,8,10H,3-4,7H2,1-2H3,(H,14,15,17). The van der Waals surface area contributed by atoms with Crippen molar-refractivity contribution in [1.29, 1.82) is 5.26 Å². The number of nitriles is 1. The second kappa shape index (κ2) is 5.29. The second-order valence-corrected chi connectivity index (χ2v) is 4.57. The molecule has 18 heavy (non-hydrogen) atoms. The minimum absolute atomic E-state index is 0.0234. The van der Waals surface area contributed by atoms with Crippen LogP contribution in [0.1, 0.15) is 31.3 Å². The van der Waals surface area contributed by atoms with E-state index in [0.717, 1.165) is 6.54 Å². The van der Waals surface area contributed by atoms with Gasteiger partial charge in [0.2, 0.25) is 0 Å². The molecule has 1 N–H and O–H groups in total. The molecule has 1 fully saturated rings. The van der Waals surface area contributed by atoms with Crippen LogP contribution < -0.4 is 5.56 Å². The van der Waals surface area contributed by atoms with E-state index in [4.69, 9.17) is 10.00 Å². The first-order valence-electron chi connectivity index (χ1n) is 5.96. The lowest BCUT2D eigenvalue weighted by molar-refractivity contribution is -0.0443. The Bertz CT molecular complexity index is 518. The second-order valence-electron chi connectivity index (χ2n) is 4.57. The lowest BCUT2D eigenvalue weighted by Crippen LogP contribution is -2.43. The van der Waals surface area contributed by atoms with Gasteiger partial charge < -0.3 is 9.72 Å². The zero-order chi connectivity index (χ0) is 13.1. The van der Waals surface area contributed by atoms with Crippen LogP contribution in [0.3, 0.4) is 0 Å². The lowest BCUT2D eigenvalue weighted by atomic mass is 10.2. The fraction of sp³-hybridized carbons (Fsp3) is 0.583. The summed E-state index contributed by atoms with van der Waals surface area (Å²) < 4.78 is 5.62. The molecule has 1 aliphatic heterocycles. The average molecular weight is 248 g/mol. The molecular weight excluding hydrogens is 232 g/mol. The molecule has 96 valence electrons. The van der Waals surface area contributed by atoms with E-state index in [1.54, 1.807) is 6.07 Å². The molecule has 0 saturated carbocycles. The molecule has 1 atom stereocenters. The smallest absolute Gasteiger partial charge is 0.268 e. The number of aromatic amines is 1. The van der Waals surface area contributed by atoms with E-state index in [0.29, 0.717) is 25.0 Å². The molecule has 1 unspecified atom stereocenters. The van der Waals surface area contributed by atoms with Gasteiger partial charge in [-0.05, 0) is 13.8 Å². The number of aromatic nitrogens is 2. The number of hydrogen-bond donors (Lipinski definition) is 1. The Balaban J connectivity index is 2.19. The maximum Gasteiger partial charge on any atom is 0.268 e. The maximum absolute atomic E-state index is 11.5. The molecule has 0 aromatic carbocycles. The summed E-state index contributed by atoms with van der Waals surface area (Å²) in [5.41, 5.74) is -0.386. The summed E-state index contributed by atoms with van der Waals surface area (Å²) in [6.45, 7) is 6.45. The van der Waals surface area contributed by atoms with Crippen LogP contribution in [0.15, 0.2) is 11.0 Å². The topological polar surface area (TPSA) is 82.0 Å². The van der Waals surface area contributed by atoms with Gasteiger partial charge in [-0.1, -0.05) is 0 Å². The predicted molar refractivity (Wildman–Crippen MR) is 65.0 cm³/mol. The normalized spacial score (nSPS) is 20.9. The Morgan fingerprint density at radius 1 is 1.67 bits per heavy atom. The number of morpholine rings is 1. The highest BCUT2D eigenvalue weighted by Gasteiger charge is 2.25. The average Bonchev–Trinajstić information content (AvgIpc) is 2.38. The largest absolute Gasteiger partial charge is 0.368 e. The van der Waals surface area contributed by atoms with Gasteiger partial charge in [-0.2, -0.15) is 5.26 Å². The van der Waals surface area contributed by atoms with E-state index >= 15 is 0 Å². The first-order valence-corrected chi connectivity index (χ1v) is 5.96. The van der Waals surface area contributed by atoms with E-state index < -0.39 is 5.56 Å². The highest BCUT2D eigenvalue weighted by Crippen LogP contribution is 2.19. The van der Waals surface area contributed by atoms with Crippen molar-refractivity contribution in [2.24, 2.45) is 0 Å². The Morgan fingerprint density at radius 2 is 2.44 bits per heavy atom. The molecule has 0 radical (unpaired) electrons. The minimum atomic E-state index is -0.409. The first-order chi connectivity index (χ1) is 8.61. The van der Waals surface area contributed by atoms with Crippen molar-refractivity contribution < 1.29 is 4.74 Å². The minimum Gasteiger partial charge on any atom is -0.368 e. The number of nitrogens with one attached hydrogen (secondary N) is 1. The molecule has 1 aromatic rings. The molecule has 2 heterocycles. The number of nitrogens with zero attached hydrogens (tertiary/aromatic N) is 3. The molecule has 1 saturated heterocycles. The van der Waals surface area contributed by atoms with Gasteiger partial charge in [0, 0.05) is 19.1 Å². The molecule has 1 aliphatic rings. The highest BCUT2D eigenvalue weighted by atomic mass is 16.5. The van der Waals surface area contributed by atoms with Crippen molar-refractivity contribution >= 4 is 0 Å². The molecule has 0 bridgehead atoms. The van der Waals surface area contributed by atoms with Gasteiger partial charge in [0.05, 0.1) is 12.8 Å². The molecule has 6 heteroatoms. The Kier molecular flexibility index (Phi) is 3.75. The number of H-pyrrole nitrogens is 1. The van der Waals surface area contributed by atoms with Crippen LogP contribution in [0.4, 0.5) is 0 Å². The lowest BCUT2D eigenvalue weighted by Gasteiger charge is -2.34. The monoisotopic (exact) mass is 248 g/mol. The van der Waals surface area contributed by atoms with E-state index in [2.05, 4.69) is 28.7 Å². The quantitative estimate of drug-likeness (QED) is 0.820. The summed E-state index contributed by atoms with van der Waals surface area (Å²) in [7, 11) is 0. The number of ether oxygens (including phenoxy) is 1. The van der Waals surface area contributed by atoms with Crippen LogP contribution >= 0.6 is 0 Å². The summed E-state index contributed by atoms with van der Waals surface area (Å²) in [5, 5.41) is 8.69. The van der Waals surface area contributed by atoms with Gasteiger partial charge in [-0.25, -0.2) is 4.98 Å². The van der Waals surface area contributed by atoms with Crippen molar-refractivity contribution in [2.45, 2.75) is 26.0 Å². The van der Waals surface area contributed by atoms with Crippen LogP contribution in [0.25, 0.3) is 0 Å². The summed E-state index contributed by atoms with van der Waals surface area (Å²) in [6, 6.07) is 2.23. The molecule has 6 nitrogen and oxygen atoms in total. The maximum atomic E-state index is 11.5. The van der Waals surface area contributed by atoms with Crippen molar-refractivity contribution in [3.8, 4) is 6.07 Å². The fourth-order valence-corrected chi connectivity index (χ4v) is 1.96. The summed E-state index contributed by atoms with van der Waals surface area (Å²) in [5.74, 6) is 0.490. The van der Waals surface area contributed by atoms with Gasteiger partial charge in [0.25, 0.3) is 5.56 Å². The zero-order valence-corrected chi connectivity index (χ0v) is 10.5. The summed E-state index contributed by atoms with van der Waals surface area (Å²) >= 11 is 0. The molecular formula is C12H16N4O2. The third-order valence-electron chi connectivity index (χ3n) is 3.07. The predicted octanol–water partition coefficient (Wildman–Crippen LogP) is 0.423. The van der Waals surface area contributed by atoms with E-state index in [-0.39, 0.29) is 11.7 Å². The Hall–Kier alpha value is -1.71. The highest BCUT2D eigenvalue weighted by molar-refractivity contribution is 5.22. The van der Waals surface area contributed by atoms with Crippen LogP contribution in [0.5, 0.6) is 0 Å². The van der Waals surface area contributed by atoms with Gasteiger partial charge >= 0.3 is 0 Å². The molecule has 0 spiro atoms. The molecule has 0 amide bonds. The SMILES string of the molecule is CC(C)N1CCOC(c2ncc(C#N)c(=O)[nH]2)C1. The van der Waals surface area contributed by atoms with Crippen molar-refractivity contribution in [3.05, 3.63) is 27.9 Å². The number of hydrogen-bond acceptors (Lipinski definition) is 5. The van der Waals surface area contributed by atoms with Crippen LogP contribution in [0.2, 0.25) is 0 Å². The molecule has 1 aromatic heterocycles. The zero-order valence-electron chi connectivity index (χ0n) is 10.5. The Morgan fingerprint density at radius 3 is 3.06 bits per heavy atom. The van der Waals surface area contributed by atoms with Gasteiger partial charge in [0.15, 0.2) is 0 Å². The van der Waals surface area contributed by atoms with E-state index in [1.807, 2.05) is 0 Å². The van der Waals surface area contributed by atoms with Gasteiger partial charge in [-0.15, -0.1) is 0 Å². The van der Waals surface area contributed by atoms with Crippen molar-refractivity contribution in [2.75, 3.05) is 19.7 Å². The summed E-state index contributed by atoms with van der Waals surface area (Å²) in [4.78, 5) is 20.5. The number of rotatable bonds is 2. The van der Waals surface area contributed by atoms with Crippen LogP contribution in [-0.2, 0) is 4.74 Å². The van der Waals surface area contributed by atoms with Crippen LogP contribution in [-0.4, -0.2) is 40.6 Å². The van der Waals surface area contributed by atoms with Crippen molar-refractivity contribution in [3.63, 3.8) is 0 Å². The molecule has 0 aliphatic carbocycles. The summed E-state index contributed by atoms with van der Waals surface area (Å²) in [6.07, 6.45) is 1.06. The van der Waals surface area contributed by atoms with Crippen molar-refractivity contribution in [1.82, 2.24) is 14.9 Å². The first kappa shape index (κ1) is 12.7.